The van der Waals surface area contributed by atoms with E-state index in [9.17, 15) is 13.2 Å². The molecule has 106 valence electrons. The highest BCUT2D eigenvalue weighted by Gasteiger charge is 2.11. The van der Waals surface area contributed by atoms with Gasteiger partial charge < -0.3 is 5.32 Å². The van der Waals surface area contributed by atoms with Gasteiger partial charge in [0.25, 0.3) is 5.91 Å². The molecule has 0 unspecified atom stereocenters. The molecule has 1 heterocycles. The first-order chi connectivity index (χ1) is 9.35. The van der Waals surface area contributed by atoms with Crippen LogP contribution in [0.1, 0.15) is 10.5 Å². The first-order valence-corrected chi connectivity index (χ1v) is 7.56. The minimum Gasteiger partial charge on any atom is -0.320 e. The molecule has 2 rings (SSSR count). The second-order valence-electron chi connectivity index (χ2n) is 3.88. The van der Waals surface area contributed by atoms with Crippen molar-refractivity contribution in [3.63, 3.8) is 0 Å². The largest absolute Gasteiger partial charge is 0.320 e. The zero-order valence-corrected chi connectivity index (χ0v) is 11.8. The van der Waals surface area contributed by atoms with Gasteiger partial charge in [-0.1, -0.05) is 11.6 Å². The summed E-state index contributed by atoms with van der Waals surface area (Å²) in [6.45, 7) is 0. The van der Waals surface area contributed by atoms with Crippen LogP contribution in [0.2, 0.25) is 5.02 Å². The maximum Gasteiger partial charge on any atom is 0.277 e. The Balaban J connectivity index is 2.15. The average Bonchev–Trinajstić information content (AvgIpc) is 2.85. The predicted octanol–water partition coefficient (Wildman–Crippen LogP) is 1.08. The summed E-state index contributed by atoms with van der Waals surface area (Å²) in [5.41, 5.74) is 0.759. The van der Waals surface area contributed by atoms with E-state index in [-0.39, 0.29) is 16.4 Å². The molecule has 10 heteroatoms. The molecule has 1 aromatic carbocycles. The summed E-state index contributed by atoms with van der Waals surface area (Å²) in [6, 6.07) is 4.38. The number of H-pyrrole nitrogens is 1. The van der Waals surface area contributed by atoms with Crippen molar-refractivity contribution in [3.8, 4) is 0 Å². The van der Waals surface area contributed by atoms with Gasteiger partial charge >= 0.3 is 0 Å². The molecule has 0 aliphatic carbocycles. The lowest BCUT2D eigenvalue weighted by atomic mass is 10.3. The minimum atomic E-state index is -3.42. The summed E-state index contributed by atoms with van der Waals surface area (Å²) in [5, 5.41) is 12.2. The summed E-state index contributed by atoms with van der Waals surface area (Å²) >= 11 is 5.93. The first-order valence-electron chi connectivity index (χ1n) is 5.29. The third-order valence-electron chi connectivity index (χ3n) is 2.17. The quantitative estimate of drug-likeness (QED) is 0.780. The number of nitrogens with zero attached hydrogens (tertiary/aromatic N) is 2. The van der Waals surface area contributed by atoms with Gasteiger partial charge in [-0.2, -0.15) is 15.4 Å². The van der Waals surface area contributed by atoms with E-state index in [1.807, 2.05) is 0 Å². The Kier molecular flexibility index (Phi) is 3.91. The van der Waals surface area contributed by atoms with Gasteiger partial charge in [0.2, 0.25) is 10.0 Å². The highest BCUT2D eigenvalue weighted by molar-refractivity contribution is 7.92. The number of carbonyl (C=O) groups is 1. The molecule has 0 atom stereocenters. The van der Waals surface area contributed by atoms with Crippen molar-refractivity contribution in [2.24, 2.45) is 0 Å². The van der Waals surface area contributed by atoms with Crippen molar-refractivity contribution >= 4 is 38.9 Å². The molecule has 1 amide bonds. The number of sulfonamides is 1. The molecule has 0 radical (unpaired) electrons. The fourth-order valence-corrected chi connectivity index (χ4v) is 2.24. The van der Waals surface area contributed by atoms with Gasteiger partial charge in [-0.3, -0.25) is 9.52 Å². The van der Waals surface area contributed by atoms with Crippen LogP contribution < -0.4 is 10.0 Å². The molecule has 8 nitrogen and oxygen atoms in total. The third kappa shape index (κ3) is 3.68. The highest BCUT2D eigenvalue weighted by atomic mass is 35.5. The molecule has 0 saturated heterocycles. The number of nitrogens with one attached hydrogen (secondary N) is 3. The van der Waals surface area contributed by atoms with Crippen molar-refractivity contribution in [1.29, 1.82) is 0 Å². The van der Waals surface area contributed by atoms with Crippen LogP contribution in [-0.2, 0) is 10.0 Å². The number of aromatic nitrogens is 3. The summed E-state index contributed by atoms with van der Waals surface area (Å²) in [5.74, 6) is -0.460. The molecule has 0 aliphatic rings. The normalized spacial score (nSPS) is 11.1. The van der Waals surface area contributed by atoms with Gasteiger partial charge in [0, 0.05) is 5.69 Å². The smallest absolute Gasteiger partial charge is 0.277 e. The molecule has 0 bridgehead atoms. The van der Waals surface area contributed by atoms with Gasteiger partial charge in [-0.25, -0.2) is 8.42 Å². The molecular weight excluding hydrogens is 306 g/mol. The van der Waals surface area contributed by atoms with Crippen LogP contribution >= 0.6 is 11.6 Å². The van der Waals surface area contributed by atoms with E-state index < -0.39 is 15.9 Å². The third-order valence-corrected chi connectivity index (χ3v) is 3.07. The lowest BCUT2D eigenvalue weighted by Gasteiger charge is -2.08. The van der Waals surface area contributed by atoms with E-state index in [1.54, 1.807) is 0 Å². The second-order valence-corrected chi connectivity index (χ2v) is 6.03. The van der Waals surface area contributed by atoms with Crippen molar-refractivity contribution in [1.82, 2.24) is 15.4 Å². The standard InChI is InChI=1S/C10H10ClN5O3S/c1-20(18,19)15-8-3-2-6(4-7(8)11)13-10(17)9-5-12-16-14-9/h2-5,15H,1H3,(H,13,17)(H,12,14,16). The molecule has 0 saturated carbocycles. The van der Waals surface area contributed by atoms with Crippen LogP contribution in [0, 0.1) is 0 Å². The van der Waals surface area contributed by atoms with Gasteiger partial charge in [-0.15, -0.1) is 0 Å². The Labute approximate surface area is 119 Å². The van der Waals surface area contributed by atoms with Crippen LogP contribution in [0.5, 0.6) is 0 Å². The van der Waals surface area contributed by atoms with Crippen LogP contribution in [0.25, 0.3) is 0 Å². The van der Waals surface area contributed by atoms with E-state index in [2.05, 4.69) is 25.4 Å². The van der Waals surface area contributed by atoms with Crippen molar-refractivity contribution < 1.29 is 13.2 Å². The number of anilines is 2. The maximum atomic E-state index is 11.7. The van der Waals surface area contributed by atoms with E-state index >= 15 is 0 Å². The predicted molar refractivity (Wildman–Crippen MR) is 74.3 cm³/mol. The summed E-state index contributed by atoms with van der Waals surface area (Å²) in [6.07, 6.45) is 2.29. The van der Waals surface area contributed by atoms with Crippen LogP contribution in [-0.4, -0.2) is 36.0 Å². The van der Waals surface area contributed by atoms with Gasteiger partial charge in [0.1, 0.15) is 0 Å². The SMILES string of the molecule is CS(=O)(=O)Nc1ccc(NC(=O)c2cn[nH]n2)cc1Cl. The molecule has 0 spiro atoms. The van der Waals surface area contributed by atoms with Crippen molar-refractivity contribution in [2.75, 3.05) is 16.3 Å². The number of rotatable bonds is 4. The van der Waals surface area contributed by atoms with E-state index in [0.717, 1.165) is 6.26 Å². The minimum absolute atomic E-state index is 0.124. The van der Waals surface area contributed by atoms with E-state index in [4.69, 9.17) is 11.6 Å². The average molecular weight is 316 g/mol. The Morgan fingerprint density at radius 3 is 2.70 bits per heavy atom. The van der Waals surface area contributed by atoms with Crippen LogP contribution in [0.4, 0.5) is 11.4 Å². The Bertz CT molecular complexity index is 729. The summed E-state index contributed by atoms with van der Waals surface area (Å²) in [4.78, 5) is 11.7. The number of amides is 1. The van der Waals surface area contributed by atoms with Crippen molar-refractivity contribution in [2.45, 2.75) is 0 Å². The fraction of sp³-hybridized carbons (Fsp3) is 0.100. The van der Waals surface area contributed by atoms with Gasteiger partial charge in [0.15, 0.2) is 5.69 Å². The zero-order valence-electron chi connectivity index (χ0n) is 10.2. The summed E-state index contributed by atoms with van der Waals surface area (Å²) in [7, 11) is -3.42. The molecular formula is C10H10ClN5O3S. The lowest BCUT2D eigenvalue weighted by Crippen LogP contribution is -2.13. The van der Waals surface area contributed by atoms with E-state index in [0.29, 0.717) is 5.69 Å². The lowest BCUT2D eigenvalue weighted by molar-refractivity contribution is 0.102. The Morgan fingerprint density at radius 1 is 1.40 bits per heavy atom. The summed E-state index contributed by atoms with van der Waals surface area (Å²) < 4.78 is 24.5. The second kappa shape index (κ2) is 5.47. The van der Waals surface area contributed by atoms with Gasteiger partial charge in [-0.05, 0) is 18.2 Å². The topological polar surface area (TPSA) is 117 Å². The first kappa shape index (κ1) is 14.3. The number of aromatic amines is 1. The zero-order chi connectivity index (χ0) is 14.8. The molecule has 0 aliphatic heterocycles. The number of carbonyl (C=O) groups excluding carboxylic acids is 1. The maximum absolute atomic E-state index is 11.7. The van der Waals surface area contributed by atoms with Crippen LogP contribution in [0.3, 0.4) is 0 Å². The molecule has 2 aromatic rings. The van der Waals surface area contributed by atoms with E-state index in [1.165, 1.54) is 24.4 Å². The van der Waals surface area contributed by atoms with Gasteiger partial charge in [0.05, 0.1) is 23.2 Å². The molecule has 20 heavy (non-hydrogen) atoms. The van der Waals surface area contributed by atoms with Crippen LogP contribution in [0.15, 0.2) is 24.4 Å². The molecule has 1 aromatic heterocycles. The van der Waals surface area contributed by atoms with Crippen molar-refractivity contribution in [3.05, 3.63) is 35.1 Å². The molecule has 0 fully saturated rings. The Morgan fingerprint density at radius 2 is 2.15 bits per heavy atom. The fourth-order valence-electron chi connectivity index (χ4n) is 1.38. The molecule has 3 N–H and O–H groups in total. The number of halogens is 1. The number of hydrogen-bond donors (Lipinski definition) is 3. The highest BCUT2D eigenvalue weighted by Crippen LogP contribution is 2.26. The number of hydrogen-bond acceptors (Lipinski definition) is 5. The Hall–Kier alpha value is -2.13. The monoisotopic (exact) mass is 315 g/mol. The number of benzene rings is 1.